The molecular weight excluding hydrogens is 296 g/mol. The van der Waals surface area contributed by atoms with E-state index in [0.717, 1.165) is 15.2 Å². The number of nitrogens with zero attached hydrogens (tertiary/aromatic N) is 2. The number of hydrogen-bond acceptors (Lipinski definition) is 5. The molecule has 3 aromatic rings. The Morgan fingerprint density at radius 3 is 2.85 bits per heavy atom. The summed E-state index contributed by atoms with van der Waals surface area (Å²) in [6.07, 6.45) is 1.30. The second kappa shape index (κ2) is 4.97. The average Bonchev–Trinajstić information content (AvgIpc) is 3.02. The molecule has 6 nitrogen and oxygen atoms in total. The summed E-state index contributed by atoms with van der Waals surface area (Å²) >= 11 is 1.47. The molecule has 2 N–H and O–H groups in total. The molecule has 0 radical (unpaired) electrons. The molecule has 0 saturated heterocycles. The number of para-hydroxylation sites is 1. The van der Waals surface area contributed by atoms with E-state index in [4.69, 9.17) is 0 Å². The van der Waals surface area contributed by atoms with Gasteiger partial charge in [0.15, 0.2) is 5.03 Å². The summed E-state index contributed by atoms with van der Waals surface area (Å²) in [5.41, 5.74) is 0.879. The molecule has 8 heteroatoms. The van der Waals surface area contributed by atoms with Gasteiger partial charge in [0.25, 0.3) is 10.0 Å². The van der Waals surface area contributed by atoms with Crippen molar-refractivity contribution in [2.24, 2.45) is 0 Å². The van der Waals surface area contributed by atoms with E-state index in [1.54, 1.807) is 6.92 Å². The monoisotopic (exact) mass is 308 g/mol. The van der Waals surface area contributed by atoms with E-state index < -0.39 is 10.0 Å². The van der Waals surface area contributed by atoms with Gasteiger partial charge in [-0.1, -0.05) is 12.1 Å². The van der Waals surface area contributed by atoms with Gasteiger partial charge in [0.1, 0.15) is 10.8 Å². The minimum Gasteiger partial charge on any atom is -0.332 e. The topological polar surface area (TPSA) is 87.7 Å². The van der Waals surface area contributed by atoms with Gasteiger partial charge < -0.3 is 4.98 Å². The third kappa shape index (κ3) is 2.58. The predicted molar refractivity (Wildman–Crippen MR) is 77.0 cm³/mol. The van der Waals surface area contributed by atoms with E-state index in [2.05, 4.69) is 19.7 Å². The van der Waals surface area contributed by atoms with Gasteiger partial charge in [0, 0.05) is 0 Å². The molecule has 0 saturated carbocycles. The van der Waals surface area contributed by atoms with Gasteiger partial charge >= 0.3 is 0 Å². The van der Waals surface area contributed by atoms with Crippen LogP contribution in [0.4, 0.5) is 0 Å². The predicted octanol–water partition coefficient (Wildman–Crippen LogP) is 1.81. The Bertz CT molecular complexity index is 818. The number of H-pyrrole nitrogens is 1. The van der Waals surface area contributed by atoms with E-state index >= 15 is 0 Å². The van der Waals surface area contributed by atoms with Crippen LogP contribution in [-0.2, 0) is 16.6 Å². The molecule has 20 heavy (non-hydrogen) atoms. The van der Waals surface area contributed by atoms with Crippen LogP contribution in [0.1, 0.15) is 10.8 Å². The highest BCUT2D eigenvalue weighted by atomic mass is 32.2. The third-order valence-corrected chi connectivity index (χ3v) is 5.07. The first-order chi connectivity index (χ1) is 9.54. The zero-order chi connectivity index (χ0) is 14.2. The number of aromatic nitrogens is 3. The van der Waals surface area contributed by atoms with Crippen molar-refractivity contribution in [3.05, 3.63) is 41.3 Å². The highest BCUT2D eigenvalue weighted by molar-refractivity contribution is 7.89. The van der Waals surface area contributed by atoms with Crippen molar-refractivity contribution in [3.8, 4) is 0 Å². The maximum absolute atomic E-state index is 12.0. The van der Waals surface area contributed by atoms with Crippen molar-refractivity contribution in [2.45, 2.75) is 18.5 Å². The van der Waals surface area contributed by atoms with Crippen molar-refractivity contribution < 1.29 is 8.42 Å². The van der Waals surface area contributed by atoms with Crippen LogP contribution in [-0.4, -0.2) is 23.4 Å². The molecule has 2 aromatic heterocycles. The minimum absolute atomic E-state index is 0.0658. The maximum Gasteiger partial charge on any atom is 0.258 e. The van der Waals surface area contributed by atoms with Crippen molar-refractivity contribution in [2.75, 3.05) is 0 Å². The molecule has 104 valence electrons. The normalized spacial score (nSPS) is 12.1. The summed E-state index contributed by atoms with van der Waals surface area (Å²) in [6, 6.07) is 7.70. The summed E-state index contributed by atoms with van der Waals surface area (Å²) in [6.45, 7) is 1.87. The number of rotatable bonds is 4. The van der Waals surface area contributed by atoms with Gasteiger partial charge in [-0.05, 0) is 19.1 Å². The number of hydrogen-bond donors (Lipinski definition) is 2. The summed E-state index contributed by atoms with van der Waals surface area (Å²) in [4.78, 5) is 11.0. The number of nitrogens with one attached hydrogen (secondary N) is 2. The van der Waals surface area contributed by atoms with E-state index in [1.165, 1.54) is 17.5 Å². The number of fused-ring (bicyclic) bond motifs is 1. The van der Waals surface area contributed by atoms with Crippen LogP contribution >= 0.6 is 11.3 Å². The van der Waals surface area contributed by atoms with Crippen LogP contribution in [0.3, 0.4) is 0 Å². The average molecular weight is 308 g/mol. The number of aromatic amines is 1. The lowest BCUT2D eigenvalue weighted by atomic mass is 10.3. The molecule has 0 spiro atoms. The Labute approximate surface area is 119 Å². The maximum atomic E-state index is 12.0. The number of benzene rings is 1. The lowest BCUT2D eigenvalue weighted by Gasteiger charge is -2.01. The number of thiazole rings is 1. The SMILES string of the molecule is Cc1ncc(S(=O)(=O)NCc2nc3ccccc3s2)[nH]1. The number of aryl methyl sites for hydroxylation is 1. The molecule has 0 unspecified atom stereocenters. The molecular formula is C12H12N4O2S2. The molecule has 0 bridgehead atoms. The van der Waals surface area contributed by atoms with Crippen LogP contribution in [0.5, 0.6) is 0 Å². The van der Waals surface area contributed by atoms with E-state index in [1.807, 2.05) is 24.3 Å². The van der Waals surface area contributed by atoms with Gasteiger partial charge in [0.2, 0.25) is 0 Å². The summed E-state index contributed by atoms with van der Waals surface area (Å²) < 4.78 is 27.6. The van der Waals surface area contributed by atoms with Crippen LogP contribution in [0.15, 0.2) is 35.5 Å². The van der Waals surface area contributed by atoms with E-state index in [0.29, 0.717) is 5.82 Å². The van der Waals surface area contributed by atoms with Crippen molar-refractivity contribution >= 4 is 31.6 Å². The molecule has 0 fully saturated rings. The standard InChI is InChI=1S/C12H12N4O2S2/c1-8-13-7-12(15-8)20(17,18)14-6-11-16-9-4-2-3-5-10(9)19-11/h2-5,7,14H,6H2,1H3,(H,13,15). The lowest BCUT2D eigenvalue weighted by molar-refractivity contribution is 0.578. The first-order valence-corrected chi connectivity index (χ1v) is 8.20. The molecule has 0 aliphatic heterocycles. The first-order valence-electron chi connectivity index (χ1n) is 5.90. The summed E-state index contributed by atoms with van der Waals surface area (Å²) in [7, 11) is -3.58. The Morgan fingerprint density at radius 1 is 1.35 bits per heavy atom. The fourth-order valence-corrected chi connectivity index (χ4v) is 3.72. The Hall–Kier alpha value is -1.77. The van der Waals surface area contributed by atoms with Crippen LogP contribution in [0.25, 0.3) is 10.2 Å². The number of sulfonamides is 1. The van der Waals surface area contributed by atoms with Gasteiger partial charge in [0.05, 0.1) is 23.0 Å². The molecule has 0 aliphatic carbocycles. The molecule has 2 heterocycles. The summed E-state index contributed by atoms with van der Waals surface area (Å²) in [5, 5.41) is 0.794. The highest BCUT2D eigenvalue weighted by Crippen LogP contribution is 2.21. The van der Waals surface area contributed by atoms with Crippen molar-refractivity contribution in [1.29, 1.82) is 0 Å². The smallest absolute Gasteiger partial charge is 0.258 e. The van der Waals surface area contributed by atoms with Crippen molar-refractivity contribution in [3.63, 3.8) is 0 Å². The van der Waals surface area contributed by atoms with E-state index in [9.17, 15) is 8.42 Å². The van der Waals surface area contributed by atoms with Crippen LogP contribution in [0.2, 0.25) is 0 Å². The van der Waals surface area contributed by atoms with E-state index in [-0.39, 0.29) is 11.6 Å². The Kier molecular flexibility index (Phi) is 3.28. The molecule has 0 amide bonds. The molecule has 3 rings (SSSR count). The van der Waals surface area contributed by atoms with Crippen molar-refractivity contribution in [1.82, 2.24) is 19.7 Å². The fourth-order valence-electron chi connectivity index (χ4n) is 1.76. The summed E-state index contributed by atoms with van der Waals surface area (Å²) in [5.74, 6) is 0.561. The van der Waals surface area contributed by atoms with Crippen LogP contribution < -0.4 is 4.72 Å². The highest BCUT2D eigenvalue weighted by Gasteiger charge is 2.17. The fraction of sp³-hybridized carbons (Fsp3) is 0.167. The second-order valence-electron chi connectivity index (χ2n) is 4.23. The van der Waals surface area contributed by atoms with Crippen LogP contribution in [0, 0.1) is 6.92 Å². The molecule has 0 aliphatic rings. The molecule has 1 aromatic carbocycles. The molecule has 0 atom stereocenters. The van der Waals surface area contributed by atoms with Gasteiger partial charge in [-0.25, -0.2) is 23.1 Å². The largest absolute Gasteiger partial charge is 0.332 e. The second-order valence-corrected chi connectivity index (χ2v) is 7.08. The van der Waals surface area contributed by atoms with Gasteiger partial charge in [-0.15, -0.1) is 11.3 Å². The third-order valence-electron chi connectivity index (χ3n) is 2.72. The quantitative estimate of drug-likeness (QED) is 0.769. The lowest BCUT2D eigenvalue weighted by Crippen LogP contribution is -2.23. The van der Waals surface area contributed by atoms with Gasteiger partial charge in [-0.3, -0.25) is 0 Å². The zero-order valence-corrected chi connectivity index (χ0v) is 12.3. The Morgan fingerprint density at radius 2 is 2.15 bits per heavy atom. The van der Waals surface area contributed by atoms with Gasteiger partial charge in [-0.2, -0.15) is 0 Å². The Balaban J connectivity index is 1.79. The number of imidazole rings is 1. The first kappa shape index (κ1) is 13.2. The zero-order valence-electron chi connectivity index (χ0n) is 10.6. The minimum atomic E-state index is -3.58.